The molecule has 0 unspecified atom stereocenters. The van der Waals surface area contributed by atoms with E-state index in [0.717, 1.165) is 21.9 Å². The van der Waals surface area contributed by atoms with E-state index in [2.05, 4.69) is 10.5 Å². The van der Waals surface area contributed by atoms with Crippen LogP contribution in [-0.2, 0) is 11.4 Å². The smallest absolute Gasteiger partial charge is 0.344 e. The van der Waals surface area contributed by atoms with Crippen LogP contribution in [0.5, 0.6) is 17.2 Å². The summed E-state index contributed by atoms with van der Waals surface area (Å²) in [6, 6.07) is 36.9. The summed E-state index contributed by atoms with van der Waals surface area (Å²) in [6.45, 7) is 0.283. The first-order chi connectivity index (χ1) is 19.6. The van der Waals surface area contributed by atoms with Crippen molar-refractivity contribution < 1.29 is 23.8 Å². The van der Waals surface area contributed by atoms with Crippen molar-refractivity contribution >= 4 is 28.9 Å². The molecule has 0 bridgehead atoms. The van der Waals surface area contributed by atoms with Gasteiger partial charge in [-0.3, -0.25) is 4.79 Å². The van der Waals surface area contributed by atoms with E-state index in [4.69, 9.17) is 14.2 Å². The quantitative estimate of drug-likeness (QED) is 0.101. The topological polar surface area (TPSA) is 86.2 Å². The minimum Gasteiger partial charge on any atom is -0.489 e. The molecule has 0 saturated heterocycles. The number of rotatable bonds is 10. The summed E-state index contributed by atoms with van der Waals surface area (Å²) in [5.41, 5.74) is 4.73. The molecule has 5 rings (SSSR count). The number of carbonyl (C=O) groups is 2. The molecule has 7 nitrogen and oxygen atoms in total. The number of ether oxygens (including phenoxy) is 3. The number of esters is 1. The van der Waals surface area contributed by atoms with Crippen LogP contribution in [0.1, 0.15) is 21.5 Å². The molecule has 0 aliphatic heterocycles. The summed E-state index contributed by atoms with van der Waals surface area (Å²) < 4.78 is 16.8. The van der Waals surface area contributed by atoms with Crippen molar-refractivity contribution in [1.29, 1.82) is 0 Å². The second-order valence-electron chi connectivity index (χ2n) is 8.81. The molecular weight excluding hydrogens is 504 g/mol. The van der Waals surface area contributed by atoms with Crippen LogP contribution in [0.2, 0.25) is 0 Å². The van der Waals surface area contributed by atoms with Crippen LogP contribution in [0, 0.1) is 0 Å². The number of nitrogens with zero attached hydrogens (tertiary/aromatic N) is 1. The Bertz CT molecular complexity index is 1610. The molecule has 0 radical (unpaired) electrons. The first kappa shape index (κ1) is 26.2. The van der Waals surface area contributed by atoms with Gasteiger partial charge in [-0.05, 0) is 76.5 Å². The number of hydrazone groups is 1. The number of carbonyl (C=O) groups excluding carboxylic acids is 2. The van der Waals surface area contributed by atoms with Crippen molar-refractivity contribution in [2.45, 2.75) is 6.61 Å². The Morgan fingerprint density at radius 1 is 0.675 bits per heavy atom. The average Bonchev–Trinajstić information content (AvgIpc) is 3.00. The summed E-state index contributed by atoms with van der Waals surface area (Å²) in [7, 11) is 0. The second kappa shape index (κ2) is 12.9. The lowest BCUT2D eigenvalue weighted by atomic mass is 10.0. The molecule has 0 fully saturated rings. The Morgan fingerprint density at radius 3 is 2.10 bits per heavy atom. The summed E-state index contributed by atoms with van der Waals surface area (Å²) >= 11 is 0. The van der Waals surface area contributed by atoms with E-state index in [1.807, 2.05) is 66.7 Å². The molecule has 40 heavy (non-hydrogen) atoms. The van der Waals surface area contributed by atoms with E-state index in [-0.39, 0.29) is 6.61 Å². The maximum atomic E-state index is 12.7. The third kappa shape index (κ3) is 7.11. The molecule has 198 valence electrons. The monoisotopic (exact) mass is 530 g/mol. The highest BCUT2D eigenvalue weighted by atomic mass is 16.5. The Balaban J connectivity index is 1.06. The normalized spacial score (nSPS) is 10.8. The van der Waals surface area contributed by atoms with Crippen LogP contribution in [0.25, 0.3) is 10.8 Å². The summed E-state index contributed by atoms with van der Waals surface area (Å²) in [4.78, 5) is 24.8. The molecule has 0 heterocycles. The third-order valence-corrected chi connectivity index (χ3v) is 5.95. The third-order valence-electron chi connectivity index (χ3n) is 5.95. The highest BCUT2D eigenvalue weighted by molar-refractivity contribution is 6.05. The van der Waals surface area contributed by atoms with Crippen molar-refractivity contribution in [2.75, 3.05) is 6.61 Å². The van der Waals surface area contributed by atoms with Crippen LogP contribution in [0.3, 0.4) is 0 Å². The van der Waals surface area contributed by atoms with Crippen molar-refractivity contribution in [3.05, 3.63) is 138 Å². The molecule has 0 aliphatic carbocycles. The van der Waals surface area contributed by atoms with Crippen molar-refractivity contribution in [1.82, 2.24) is 5.43 Å². The maximum absolute atomic E-state index is 12.7. The maximum Gasteiger partial charge on any atom is 0.344 e. The van der Waals surface area contributed by atoms with Crippen molar-refractivity contribution in [2.24, 2.45) is 5.10 Å². The van der Waals surface area contributed by atoms with Gasteiger partial charge in [-0.1, -0.05) is 66.7 Å². The number of hydrogen-bond acceptors (Lipinski definition) is 6. The van der Waals surface area contributed by atoms with Gasteiger partial charge in [0.25, 0.3) is 5.91 Å². The minimum atomic E-state index is -0.431. The van der Waals surface area contributed by atoms with E-state index >= 15 is 0 Å². The van der Waals surface area contributed by atoms with Gasteiger partial charge in [0.1, 0.15) is 23.9 Å². The number of amides is 1. The standard InChI is InChI=1S/C33H26N2O5/c36-32(23-39-28-19-17-27(18-20-28)38-22-25-7-2-1-3-8-25)35-34-21-24-13-15-29(16-14-24)40-33(37)31-12-6-10-26-9-4-5-11-30(26)31/h1-21H,22-23H2,(H,35,36)/b34-21+. The van der Waals surface area contributed by atoms with Crippen LogP contribution < -0.4 is 19.6 Å². The van der Waals surface area contributed by atoms with Gasteiger partial charge in [-0.15, -0.1) is 0 Å². The molecular formula is C33H26N2O5. The van der Waals surface area contributed by atoms with Gasteiger partial charge in [0.05, 0.1) is 11.8 Å². The summed E-state index contributed by atoms with van der Waals surface area (Å²) in [6.07, 6.45) is 1.49. The van der Waals surface area contributed by atoms with Crippen LogP contribution >= 0.6 is 0 Å². The van der Waals surface area contributed by atoms with Gasteiger partial charge in [0, 0.05) is 0 Å². The first-order valence-electron chi connectivity index (χ1n) is 12.7. The van der Waals surface area contributed by atoms with Gasteiger partial charge in [0.15, 0.2) is 6.61 Å². The lowest BCUT2D eigenvalue weighted by Crippen LogP contribution is -2.24. The van der Waals surface area contributed by atoms with E-state index in [1.165, 1.54) is 6.21 Å². The molecule has 0 aromatic heterocycles. The van der Waals surface area contributed by atoms with Crippen LogP contribution in [0.15, 0.2) is 126 Å². The first-order valence-corrected chi connectivity index (χ1v) is 12.7. The van der Waals surface area contributed by atoms with Crippen molar-refractivity contribution in [3.8, 4) is 17.2 Å². The minimum absolute atomic E-state index is 0.190. The van der Waals surface area contributed by atoms with E-state index in [9.17, 15) is 9.59 Å². The van der Waals surface area contributed by atoms with Gasteiger partial charge < -0.3 is 14.2 Å². The van der Waals surface area contributed by atoms with Crippen molar-refractivity contribution in [3.63, 3.8) is 0 Å². The zero-order valence-electron chi connectivity index (χ0n) is 21.5. The predicted octanol–water partition coefficient (Wildman–Crippen LogP) is 6.17. The average molecular weight is 531 g/mol. The second-order valence-corrected chi connectivity index (χ2v) is 8.81. The zero-order chi connectivity index (χ0) is 27.6. The molecule has 0 aliphatic rings. The predicted molar refractivity (Wildman–Crippen MR) is 154 cm³/mol. The number of hydrogen-bond donors (Lipinski definition) is 1. The molecule has 0 atom stereocenters. The van der Waals surface area contributed by atoms with Gasteiger partial charge >= 0.3 is 5.97 Å². The van der Waals surface area contributed by atoms with Crippen LogP contribution in [-0.4, -0.2) is 24.7 Å². The fourth-order valence-electron chi connectivity index (χ4n) is 3.92. The molecule has 5 aromatic carbocycles. The van der Waals surface area contributed by atoms with E-state index < -0.39 is 11.9 Å². The van der Waals surface area contributed by atoms with E-state index in [1.54, 1.807) is 54.6 Å². The molecule has 7 heteroatoms. The summed E-state index contributed by atoms with van der Waals surface area (Å²) in [5.74, 6) is 0.824. The number of fused-ring (bicyclic) bond motifs is 1. The lowest BCUT2D eigenvalue weighted by Gasteiger charge is -2.08. The Kier molecular flexibility index (Phi) is 8.44. The van der Waals surface area contributed by atoms with Gasteiger partial charge in [-0.25, -0.2) is 10.2 Å². The van der Waals surface area contributed by atoms with E-state index in [0.29, 0.717) is 29.4 Å². The molecule has 0 spiro atoms. The van der Waals surface area contributed by atoms with Gasteiger partial charge in [-0.2, -0.15) is 5.10 Å². The SMILES string of the molecule is O=C(COc1ccc(OCc2ccccc2)cc1)N/N=C/c1ccc(OC(=O)c2cccc3ccccc23)cc1. The Labute approximate surface area is 231 Å². The molecule has 0 saturated carbocycles. The highest BCUT2D eigenvalue weighted by Crippen LogP contribution is 2.21. The zero-order valence-corrected chi connectivity index (χ0v) is 21.5. The molecule has 1 N–H and O–H groups in total. The fourth-order valence-corrected chi connectivity index (χ4v) is 3.92. The summed E-state index contributed by atoms with van der Waals surface area (Å²) in [5, 5.41) is 5.77. The Hall–Kier alpha value is -5.43. The Morgan fingerprint density at radius 2 is 1.32 bits per heavy atom. The van der Waals surface area contributed by atoms with Crippen LogP contribution in [0.4, 0.5) is 0 Å². The number of benzene rings is 5. The molecule has 1 amide bonds. The number of nitrogens with one attached hydrogen (secondary N) is 1. The highest BCUT2D eigenvalue weighted by Gasteiger charge is 2.12. The van der Waals surface area contributed by atoms with Gasteiger partial charge in [0.2, 0.25) is 0 Å². The fraction of sp³-hybridized carbons (Fsp3) is 0.0606. The molecule has 5 aromatic rings. The lowest BCUT2D eigenvalue weighted by molar-refractivity contribution is -0.123. The largest absolute Gasteiger partial charge is 0.489 e.